The van der Waals surface area contributed by atoms with E-state index in [9.17, 15) is 4.79 Å². The molecule has 2 aromatic rings. The minimum absolute atomic E-state index is 0.164. The molecule has 116 valence electrons. The van der Waals surface area contributed by atoms with Crippen molar-refractivity contribution in [2.75, 3.05) is 18.4 Å². The number of anilines is 2. The zero-order valence-electron chi connectivity index (χ0n) is 12.8. The molecule has 1 saturated heterocycles. The fraction of sp³-hybridized carbons (Fsp3) is 0.467. The summed E-state index contributed by atoms with van der Waals surface area (Å²) in [6, 6.07) is 1.92. The first-order chi connectivity index (χ1) is 10.6. The van der Waals surface area contributed by atoms with Gasteiger partial charge in [-0.15, -0.1) is 11.3 Å². The van der Waals surface area contributed by atoms with Gasteiger partial charge in [0.1, 0.15) is 0 Å². The molecule has 1 amide bonds. The molecule has 0 aromatic carbocycles. The Kier molecular flexibility index (Phi) is 4.33. The lowest BCUT2D eigenvalue weighted by Crippen LogP contribution is -2.29. The molecule has 1 aliphatic heterocycles. The van der Waals surface area contributed by atoms with Crippen LogP contribution < -0.4 is 5.32 Å². The Morgan fingerprint density at radius 3 is 2.59 bits per heavy atom. The largest absolute Gasteiger partial charge is 0.342 e. The quantitative estimate of drug-likeness (QED) is 0.938. The number of rotatable bonds is 4. The van der Waals surface area contributed by atoms with Gasteiger partial charge in [0.15, 0.2) is 5.13 Å². The number of hydrogen-bond acceptors (Lipinski definition) is 6. The summed E-state index contributed by atoms with van der Waals surface area (Å²) in [5, 5.41) is 5.74. The molecule has 3 rings (SSSR count). The fourth-order valence-electron chi connectivity index (χ4n) is 2.56. The standard InChI is InChI=1S/C15H19N5OS/c1-10-7-11(2)17-14(16-10)19-15-18-12(9-22-15)8-13(21)20-5-3-4-6-20/h7,9H,3-6,8H2,1-2H3,(H,16,17,18,19). The molecule has 0 spiro atoms. The molecule has 1 fully saturated rings. The summed E-state index contributed by atoms with van der Waals surface area (Å²) in [5.41, 5.74) is 2.63. The van der Waals surface area contributed by atoms with Gasteiger partial charge in [-0.1, -0.05) is 0 Å². The van der Waals surface area contributed by atoms with Crippen LogP contribution in [0.5, 0.6) is 0 Å². The minimum Gasteiger partial charge on any atom is -0.342 e. The van der Waals surface area contributed by atoms with Gasteiger partial charge in [0.25, 0.3) is 0 Å². The summed E-state index contributed by atoms with van der Waals surface area (Å²) < 4.78 is 0. The van der Waals surface area contributed by atoms with Crippen molar-refractivity contribution < 1.29 is 4.79 Å². The molecule has 3 heterocycles. The van der Waals surface area contributed by atoms with Gasteiger partial charge in [0.05, 0.1) is 12.1 Å². The highest BCUT2D eigenvalue weighted by Crippen LogP contribution is 2.20. The van der Waals surface area contributed by atoms with Crippen molar-refractivity contribution in [3.63, 3.8) is 0 Å². The number of nitrogens with one attached hydrogen (secondary N) is 1. The molecule has 0 aliphatic carbocycles. The maximum atomic E-state index is 12.1. The normalized spacial score (nSPS) is 14.4. The molecule has 1 aliphatic rings. The Bertz CT molecular complexity index is 658. The van der Waals surface area contributed by atoms with Crippen LogP contribution in [0, 0.1) is 13.8 Å². The molecule has 0 bridgehead atoms. The highest BCUT2D eigenvalue weighted by molar-refractivity contribution is 7.13. The van der Waals surface area contributed by atoms with E-state index >= 15 is 0 Å². The van der Waals surface area contributed by atoms with Gasteiger partial charge in [-0.3, -0.25) is 4.79 Å². The Morgan fingerprint density at radius 1 is 1.23 bits per heavy atom. The SMILES string of the molecule is Cc1cc(C)nc(Nc2nc(CC(=O)N3CCCC3)cs2)n1. The monoisotopic (exact) mass is 317 g/mol. The Hall–Kier alpha value is -2.02. The van der Waals surface area contributed by atoms with E-state index in [0.717, 1.165) is 43.0 Å². The van der Waals surface area contributed by atoms with Gasteiger partial charge < -0.3 is 10.2 Å². The zero-order chi connectivity index (χ0) is 15.5. The average Bonchev–Trinajstić information content (AvgIpc) is 3.09. The number of hydrogen-bond donors (Lipinski definition) is 1. The number of amides is 1. The van der Waals surface area contributed by atoms with Crippen molar-refractivity contribution in [1.82, 2.24) is 19.9 Å². The second-order valence-electron chi connectivity index (χ2n) is 5.51. The van der Waals surface area contributed by atoms with Gasteiger partial charge in [0, 0.05) is 29.9 Å². The van der Waals surface area contributed by atoms with E-state index in [1.807, 2.05) is 30.2 Å². The number of carbonyl (C=O) groups excluding carboxylic acids is 1. The first-order valence-electron chi connectivity index (χ1n) is 7.41. The number of likely N-dealkylation sites (tertiary alicyclic amines) is 1. The minimum atomic E-state index is 0.164. The van der Waals surface area contributed by atoms with Crippen LogP contribution in [0.4, 0.5) is 11.1 Å². The molecular formula is C15H19N5OS. The van der Waals surface area contributed by atoms with Crippen molar-refractivity contribution in [2.24, 2.45) is 0 Å². The first-order valence-corrected chi connectivity index (χ1v) is 8.29. The van der Waals surface area contributed by atoms with Gasteiger partial charge in [-0.2, -0.15) is 0 Å². The van der Waals surface area contributed by atoms with Crippen molar-refractivity contribution in [3.05, 3.63) is 28.5 Å². The number of aryl methyl sites for hydroxylation is 2. The van der Waals surface area contributed by atoms with Crippen LogP contribution >= 0.6 is 11.3 Å². The van der Waals surface area contributed by atoms with E-state index in [4.69, 9.17) is 0 Å². The first kappa shape index (κ1) is 14.9. The Morgan fingerprint density at radius 2 is 1.91 bits per heavy atom. The topological polar surface area (TPSA) is 71.0 Å². The van der Waals surface area contributed by atoms with Crippen molar-refractivity contribution in [1.29, 1.82) is 0 Å². The summed E-state index contributed by atoms with van der Waals surface area (Å²) in [4.78, 5) is 27.2. The fourth-order valence-corrected chi connectivity index (χ4v) is 3.26. The Balaban J connectivity index is 1.64. The van der Waals surface area contributed by atoms with E-state index in [0.29, 0.717) is 17.5 Å². The van der Waals surface area contributed by atoms with Gasteiger partial charge in [0.2, 0.25) is 11.9 Å². The maximum absolute atomic E-state index is 12.1. The molecule has 2 aromatic heterocycles. The molecule has 0 unspecified atom stereocenters. The summed E-state index contributed by atoms with van der Waals surface area (Å²) in [6.07, 6.45) is 2.59. The van der Waals surface area contributed by atoms with Crippen LogP contribution in [0.25, 0.3) is 0 Å². The van der Waals surface area contributed by atoms with Gasteiger partial charge in [-0.05, 0) is 32.8 Å². The van der Waals surface area contributed by atoms with Crippen LogP contribution in [-0.4, -0.2) is 38.8 Å². The van der Waals surface area contributed by atoms with Crippen molar-refractivity contribution >= 4 is 28.3 Å². The summed E-state index contributed by atoms with van der Waals surface area (Å²) in [6.45, 7) is 5.62. The summed E-state index contributed by atoms with van der Waals surface area (Å²) in [5.74, 6) is 0.710. The number of carbonyl (C=O) groups is 1. The predicted octanol–water partition coefficient (Wildman–Crippen LogP) is 2.46. The third-order valence-corrected chi connectivity index (χ3v) is 4.35. The van der Waals surface area contributed by atoms with Crippen molar-refractivity contribution in [2.45, 2.75) is 33.1 Å². The number of nitrogens with zero attached hydrogens (tertiary/aromatic N) is 4. The van der Waals surface area contributed by atoms with Gasteiger partial charge >= 0.3 is 0 Å². The molecule has 0 saturated carbocycles. The predicted molar refractivity (Wildman–Crippen MR) is 86.4 cm³/mol. The van der Waals surface area contributed by atoms with Crippen LogP contribution in [-0.2, 0) is 11.2 Å². The summed E-state index contributed by atoms with van der Waals surface area (Å²) >= 11 is 1.47. The second-order valence-corrected chi connectivity index (χ2v) is 6.37. The highest BCUT2D eigenvalue weighted by Gasteiger charge is 2.19. The third-order valence-electron chi connectivity index (χ3n) is 3.54. The van der Waals surface area contributed by atoms with E-state index in [1.165, 1.54) is 11.3 Å². The van der Waals surface area contributed by atoms with Crippen LogP contribution in [0.2, 0.25) is 0 Å². The zero-order valence-corrected chi connectivity index (χ0v) is 13.6. The molecule has 1 N–H and O–H groups in total. The molecule has 0 atom stereocenters. The van der Waals surface area contributed by atoms with E-state index in [2.05, 4.69) is 20.3 Å². The average molecular weight is 317 g/mol. The molecule has 22 heavy (non-hydrogen) atoms. The van der Waals surface area contributed by atoms with Crippen LogP contribution in [0.3, 0.4) is 0 Å². The lowest BCUT2D eigenvalue weighted by atomic mass is 10.3. The van der Waals surface area contributed by atoms with Crippen LogP contribution in [0.15, 0.2) is 11.4 Å². The molecule has 0 radical (unpaired) electrons. The molecule has 6 nitrogen and oxygen atoms in total. The summed E-state index contributed by atoms with van der Waals surface area (Å²) in [7, 11) is 0. The Labute approximate surface area is 133 Å². The number of aromatic nitrogens is 3. The van der Waals surface area contributed by atoms with E-state index in [1.54, 1.807) is 0 Å². The van der Waals surface area contributed by atoms with Gasteiger partial charge in [-0.25, -0.2) is 15.0 Å². The lowest BCUT2D eigenvalue weighted by Gasteiger charge is -2.13. The maximum Gasteiger partial charge on any atom is 0.229 e. The van der Waals surface area contributed by atoms with E-state index in [-0.39, 0.29) is 5.91 Å². The third kappa shape index (κ3) is 3.59. The van der Waals surface area contributed by atoms with Crippen LogP contribution in [0.1, 0.15) is 29.9 Å². The number of thiazole rings is 1. The smallest absolute Gasteiger partial charge is 0.229 e. The second kappa shape index (κ2) is 6.39. The van der Waals surface area contributed by atoms with Crippen molar-refractivity contribution in [3.8, 4) is 0 Å². The lowest BCUT2D eigenvalue weighted by molar-refractivity contribution is -0.129. The highest BCUT2D eigenvalue weighted by atomic mass is 32.1. The van der Waals surface area contributed by atoms with E-state index < -0.39 is 0 Å². The molecular weight excluding hydrogens is 298 g/mol. The molecule has 7 heteroatoms.